The zero-order valence-corrected chi connectivity index (χ0v) is 12.7. The summed E-state index contributed by atoms with van der Waals surface area (Å²) in [5, 5.41) is 24.5. The van der Waals surface area contributed by atoms with E-state index in [4.69, 9.17) is 20.7 Å². The number of aliphatic hydroxyl groups is 2. The second kappa shape index (κ2) is 6.14. The van der Waals surface area contributed by atoms with Crippen LogP contribution in [0.3, 0.4) is 0 Å². The largest absolute Gasteiger partial charge is 0.387 e. The summed E-state index contributed by atoms with van der Waals surface area (Å²) in [7, 11) is 0. The lowest BCUT2D eigenvalue weighted by Crippen LogP contribution is -2.51. The second-order valence-electron chi connectivity index (χ2n) is 5.31. The Morgan fingerprint density at radius 1 is 1.70 bits per heavy atom. The number of rotatable bonds is 5. The van der Waals surface area contributed by atoms with E-state index in [0.717, 1.165) is 4.57 Å². The zero-order chi connectivity index (χ0) is 17.3. The molecule has 4 atom stereocenters. The molecule has 1 aliphatic heterocycles. The van der Waals surface area contributed by atoms with Crippen LogP contribution in [-0.2, 0) is 9.47 Å². The van der Waals surface area contributed by atoms with Crippen LogP contribution >= 0.6 is 0 Å². The standard InChI is InChI=1S/C12H18N6O5/c1-3-22-6-12(16-17-14)8(19)11(2,21)9(23-12)18-5-4-7(13)15-10(18)20/h4-5,8-9,19,21H,3,6H2,1-2H3,(H2,13,15,20)/t8-,9+,11+,12+/m0/s1. The number of azide groups is 1. The number of hydrogen-bond acceptors (Lipinski definition) is 8. The molecule has 0 amide bonds. The average Bonchev–Trinajstić information content (AvgIpc) is 2.67. The topological polar surface area (TPSA) is 169 Å². The molecule has 1 aromatic rings. The molecule has 1 aliphatic rings. The van der Waals surface area contributed by atoms with E-state index in [-0.39, 0.29) is 19.0 Å². The van der Waals surface area contributed by atoms with Crippen molar-refractivity contribution in [1.82, 2.24) is 9.55 Å². The Balaban J connectivity index is 2.50. The molecule has 23 heavy (non-hydrogen) atoms. The van der Waals surface area contributed by atoms with Gasteiger partial charge in [0.1, 0.15) is 17.5 Å². The number of aliphatic hydroxyl groups excluding tert-OH is 1. The predicted molar refractivity (Wildman–Crippen MR) is 78.0 cm³/mol. The fourth-order valence-corrected chi connectivity index (χ4v) is 2.46. The van der Waals surface area contributed by atoms with Crippen molar-refractivity contribution >= 4 is 5.82 Å². The molecule has 1 aromatic heterocycles. The van der Waals surface area contributed by atoms with E-state index in [2.05, 4.69) is 15.0 Å². The molecule has 0 aliphatic carbocycles. The van der Waals surface area contributed by atoms with Crippen molar-refractivity contribution in [3.63, 3.8) is 0 Å². The first-order valence-electron chi connectivity index (χ1n) is 6.85. The minimum absolute atomic E-state index is 0.0000588. The molecule has 1 fully saturated rings. The lowest BCUT2D eigenvalue weighted by molar-refractivity contribution is -0.138. The van der Waals surface area contributed by atoms with Crippen molar-refractivity contribution in [2.45, 2.75) is 37.5 Å². The number of nitrogens with two attached hydrogens (primary N) is 1. The zero-order valence-electron chi connectivity index (χ0n) is 12.7. The molecule has 2 heterocycles. The summed E-state index contributed by atoms with van der Waals surface area (Å²) in [6, 6.07) is 1.34. The molecular weight excluding hydrogens is 308 g/mol. The highest BCUT2D eigenvalue weighted by Gasteiger charge is 2.62. The molecule has 0 bridgehead atoms. The van der Waals surface area contributed by atoms with Gasteiger partial charge in [0.2, 0.25) is 5.72 Å². The number of nitrogens with zero attached hydrogens (tertiary/aromatic N) is 5. The van der Waals surface area contributed by atoms with E-state index >= 15 is 0 Å². The Labute approximate surface area is 130 Å². The highest BCUT2D eigenvalue weighted by Crippen LogP contribution is 2.44. The maximum absolute atomic E-state index is 12.0. The van der Waals surface area contributed by atoms with Gasteiger partial charge in [0, 0.05) is 17.7 Å². The van der Waals surface area contributed by atoms with E-state index < -0.39 is 29.3 Å². The second-order valence-corrected chi connectivity index (χ2v) is 5.31. The molecule has 0 spiro atoms. The van der Waals surface area contributed by atoms with Crippen LogP contribution in [0.2, 0.25) is 0 Å². The molecule has 0 saturated carbocycles. The lowest BCUT2D eigenvalue weighted by atomic mass is 9.93. The van der Waals surface area contributed by atoms with Crippen LogP contribution in [0.15, 0.2) is 22.2 Å². The van der Waals surface area contributed by atoms with Crippen molar-refractivity contribution in [3.05, 3.63) is 33.2 Å². The van der Waals surface area contributed by atoms with E-state index in [1.165, 1.54) is 19.2 Å². The van der Waals surface area contributed by atoms with E-state index in [9.17, 15) is 15.0 Å². The van der Waals surface area contributed by atoms with Gasteiger partial charge in [0.25, 0.3) is 0 Å². The number of aromatic nitrogens is 2. The third kappa shape index (κ3) is 2.87. The van der Waals surface area contributed by atoms with Gasteiger partial charge < -0.3 is 25.4 Å². The van der Waals surface area contributed by atoms with Gasteiger partial charge in [-0.15, -0.1) is 0 Å². The summed E-state index contributed by atoms with van der Waals surface area (Å²) in [5.41, 5.74) is 9.59. The quantitative estimate of drug-likeness (QED) is 0.372. The van der Waals surface area contributed by atoms with Gasteiger partial charge in [-0.3, -0.25) is 4.57 Å². The third-order valence-corrected chi connectivity index (χ3v) is 3.63. The fourth-order valence-electron chi connectivity index (χ4n) is 2.46. The lowest BCUT2D eigenvalue weighted by Gasteiger charge is -2.29. The van der Waals surface area contributed by atoms with Crippen molar-refractivity contribution in [2.75, 3.05) is 18.9 Å². The Morgan fingerprint density at radius 3 is 2.96 bits per heavy atom. The molecule has 11 heteroatoms. The summed E-state index contributed by atoms with van der Waals surface area (Å²) >= 11 is 0. The number of ether oxygens (including phenoxy) is 2. The number of hydrogen-bond donors (Lipinski definition) is 3. The molecule has 2 rings (SSSR count). The molecule has 0 radical (unpaired) electrons. The Morgan fingerprint density at radius 2 is 2.39 bits per heavy atom. The van der Waals surface area contributed by atoms with Gasteiger partial charge in [-0.2, -0.15) is 4.98 Å². The van der Waals surface area contributed by atoms with Crippen LogP contribution in [0.25, 0.3) is 10.4 Å². The van der Waals surface area contributed by atoms with Crippen LogP contribution in [0, 0.1) is 0 Å². The van der Waals surface area contributed by atoms with Crippen molar-refractivity contribution in [1.29, 1.82) is 0 Å². The molecule has 0 unspecified atom stereocenters. The van der Waals surface area contributed by atoms with Gasteiger partial charge in [0.05, 0.1) is 6.61 Å². The highest BCUT2D eigenvalue weighted by molar-refractivity contribution is 5.24. The Bertz CT molecular complexity index is 685. The Hall–Kier alpha value is -2.17. The summed E-state index contributed by atoms with van der Waals surface area (Å²) < 4.78 is 11.7. The van der Waals surface area contributed by atoms with Crippen LogP contribution < -0.4 is 11.4 Å². The Kier molecular flexibility index (Phi) is 4.59. The third-order valence-electron chi connectivity index (χ3n) is 3.63. The average molecular weight is 326 g/mol. The van der Waals surface area contributed by atoms with Gasteiger partial charge in [-0.25, -0.2) is 4.79 Å². The summed E-state index contributed by atoms with van der Waals surface area (Å²) in [5.74, 6) is 0.0000588. The monoisotopic (exact) mass is 326 g/mol. The molecule has 0 aromatic carbocycles. The van der Waals surface area contributed by atoms with Crippen molar-refractivity contribution < 1.29 is 19.7 Å². The normalized spacial score (nSPS) is 33.4. The molecule has 126 valence electrons. The first kappa shape index (κ1) is 17.2. The fraction of sp³-hybridized carbons (Fsp3) is 0.667. The SMILES string of the molecule is CCOC[C@@]1(N=[N+]=[N-])O[C@@H](n2ccc(N)nc2=O)[C@](C)(O)[C@@H]1O. The predicted octanol–water partition coefficient (Wildman–Crippen LogP) is -0.491. The number of nitrogen functional groups attached to an aromatic ring is 1. The summed E-state index contributed by atoms with van der Waals surface area (Å²) in [6.07, 6.45) is -1.71. The van der Waals surface area contributed by atoms with Gasteiger partial charge in [-0.1, -0.05) is 5.11 Å². The van der Waals surface area contributed by atoms with Gasteiger partial charge in [-0.05, 0) is 25.4 Å². The summed E-state index contributed by atoms with van der Waals surface area (Å²) in [6.45, 7) is 2.94. The maximum atomic E-state index is 12.0. The van der Waals surface area contributed by atoms with E-state index in [1.807, 2.05) is 0 Å². The minimum Gasteiger partial charge on any atom is -0.387 e. The van der Waals surface area contributed by atoms with Crippen LogP contribution in [0.4, 0.5) is 5.82 Å². The molecular formula is C12H18N6O5. The first-order valence-corrected chi connectivity index (χ1v) is 6.85. The van der Waals surface area contributed by atoms with E-state index in [0.29, 0.717) is 0 Å². The molecule has 1 saturated heterocycles. The maximum Gasteiger partial charge on any atom is 0.351 e. The smallest absolute Gasteiger partial charge is 0.351 e. The van der Waals surface area contributed by atoms with Crippen molar-refractivity contribution in [2.24, 2.45) is 5.11 Å². The molecule has 11 nitrogen and oxygen atoms in total. The summed E-state index contributed by atoms with van der Waals surface area (Å²) in [4.78, 5) is 18.2. The minimum atomic E-state index is -1.94. The van der Waals surface area contributed by atoms with Crippen LogP contribution in [-0.4, -0.2) is 50.4 Å². The van der Waals surface area contributed by atoms with E-state index in [1.54, 1.807) is 6.92 Å². The van der Waals surface area contributed by atoms with Crippen molar-refractivity contribution in [3.8, 4) is 0 Å². The van der Waals surface area contributed by atoms with Crippen LogP contribution in [0.1, 0.15) is 20.1 Å². The van der Waals surface area contributed by atoms with Crippen LogP contribution in [0.5, 0.6) is 0 Å². The highest BCUT2D eigenvalue weighted by atomic mass is 16.6. The van der Waals surface area contributed by atoms with Gasteiger partial charge in [0.15, 0.2) is 6.23 Å². The molecule has 4 N–H and O–H groups in total. The number of anilines is 1. The first-order chi connectivity index (χ1) is 10.8. The van der Waals surface area contributed by atoms with Gasteiger partial charge >= 0.3 is 5.69 Å².